The Bertz CT molecular complexity index is 676. The van der Waals surface area contributed by atoms with Gasteiger partial charge in [-0.25, -0.2) is 9.97 Å². The average molecular weight is 247 g/mol. The minimum Gasteiger partial charge on any atom is -0.253 e. The van der Waals surface area contributed by atoms with Gasteiger partial charge in [0.05, 0.1) is 5.69 Å². The molecule has 0 unspecified atom stereocenters. The van der Waals surface area contributed by atoms with Crippen LogP contribution in [0.4, 0.5) is 0 Å². The second-order valence-corrected chi connectivity index (χ2v) is 4.33. The van der Waals surface area contributed by atoms with Gasteiger partial charge in [0.1, 0.15) is 0 Å². The van der Waals surface area contributed by atoms with E-state index in [1.807, 2.05) is 67.8 Å². The highest BCUT2D eigenvalue weighted by atomic mass is 14.9. The van der Waals surface area contributed by atoms with Crippen molar-refractivity contribution in [3.63, 3.8) is 0 Å². The summed E-state index contributed by atoms with van der Waals surface area (Å²) in [5.41, 5.74) is 3.85. The first-order valence-corrected chi connectivity index (χ1v) is 6.14. The molecule has 3 aromatic rings. The number of nitrogens with zero attached hydrogens (tertiary/aromatic N) is 3. The number of hydrogen-bond acceptors (Lipinski definition) is 3. The number of pyridine rings is 1. The quantitative estimate of drug-likeness (QED) is 0.695. The van der Waals surface area contributed by atoms with E-state index in [4.69, 9.17) is 0 Å². The van der Waals surface area contributed by atoms with Crippen molar-refractivity contribution >= 4 is 0 Å². The maximum absolute atomic E-state index is 4.47. The maximum Gasteiger partial charge on any atom is 0.159 e. The lowest BCUT2D eigenvalue weighted by atomic mass is 10.2. The van der Waals surface area contributed by atoms with Crippen LogP contribution in [-0.2, 0) is 0 Å². The molecule has 0 atom stereocenters. The lowest BCUT2D eigenvalue weighted by molar-refractivity contribution is 1.15. The third-order valence-electron chi connectivity index (χ3n) is 2.87. The first-order chi connectivity index (χ1) is 9.33. The Hall–Kier alpha value is -2.55. The Morgan fingerprint density at radius 1 is 0.737 bits per heavy atom. The minimum atomic E-state index is 0.733. The predicted molar refractivity (Wildman–Crippen MR) is 75.4 cm³/mol. The molecule has 3 rings (SSSR count). The Balaban J connectivity index is 1.95. The van der Waals surface area contributed by atoms with Crippen molar-refractivity contribution in [3.8, 4) is 22.6 Å². The summed E-state index contributed by atoms with van der Waals surface area (Å²) < 4.78 is 0. The molecule has 92 valence electrons. The van der Waals surface area contributed by atoms with Gasteiger partial charge in [0.15, 0.2) is 5.82 Å². The molecule has 0 saturated carbocycles. The zero-order valence-corrected chi connectivity index (χ0v) is 10.6. The van der Waals surface area contributed by atoms with E-state index >= 15 is 0 Å². The van der Waals surface area contributed by atoms with Gasteiger partial charge in [0.2, 0.25) is 0 Å². The zero-order valence-electron chi connectivity index (χ0n) is 10.6. The lowest BCUT2D eigenvalue weighted by Gasteiger charge is -2.03. The Kier molecular flexibility index (Phi) is 3.02. The fraction of sp³-hybridized carbons (Fsp3) is 0.0625. The summed E-state index contributed by atoms with van der Waals surface area (Å²) in [6, 6.07) is 15.9. The van der Waals surface area contributed by atoms with Crippen LogP contribution in [0.3, 0.4) is 0 Å². The summed E-state index contributed by atoms with van der Waals surface area (Å²) in [4.78, 5) is 13.3. The van der Waals surface area contributed by atoms with Crippen LogP contribution in [0.15, 0.2) is 60.9 Å². The molecule has 3 nitrogen and oxygen atoms in total. The van der Waals surface area contributed by atoms with Crippen LogP contribution in [-0.4, -0.2) is 15.0 Å². The molecule has 0 bridgehead atoms. The van der Waals surface area contributed by atoms with E-state index < -0.39 is 0 Å². The van der Waals surface area contributed by atoms with Crippen LogP contribution < -0.4 is 0 Å². The molecule has 0 saturated heterocycles. The van der Waals surface area contributed by atoms with Crippen LogP contribution in [0.2, 0.25) is 0 Å². The van der Waals surface area contributed by atoms with Crippen LogP contribution in [0.5, 0.6) is 0 Å². The van der Waals surface area contributed by atoms with Crippen molar-refractivity contribution < 1.29 is 0 Å². The second-order valence-electron chi connectivity index (χ2n) is 4.33. The molecule has 1 aromatic carbocycles. The molecule has 0 fully saturated rings. The molecule has 2 aromatic heterocycles. The van der Waals surface area contributed by atoms with Crippen molar-refractivity contribution in [2.75, 3.05) is 0 Å². The van der Waals surface area contributed by atoms with Crippen molar-refractivity contribution in [1.82, 2.24) is 15.0 Å². The number of aryl methyl sites for hydroxylation is 1. The first kappa shape index (κ1) is 11.5. The monoisotopic (exact) mass is 247 g/mol. The normalized spacial score (nSPS) is 10.4. The largest absolute Gasteiger partial charge is 0.253 e. The average Bonchev–Trinajstić information content (AvgIpc) is 2.48. The standard InChI is InChI=1S/C16H13N3/c1-12-6-5-9-15(19-12)14-10-17-16(18-11-14)13-7-3-2-4-8-13/h2-11H,1H3. The van der Waals surface area contributed by atoms with Crippen LogP contribution in [0.25, 0.3) is 22.6 Å². The van der Waals surface area contributed by atoms with Gasteiger partial charge >= 0.3 is 0 Å². The van der Waals surface area contributed by atoms with Gasteiger partial charge in [-0.2, -0.15) is 0 Å². The van der Waals surface area contributed by atoms with E-state index in [1.165, 1.54) is 0 Å². The van der Waals surface area contributed by atoms with Crippen molar-refractivity contribution in [3.05, 3.63) is 66.6 Å². The molecular weight excluding hydrogens is 234 g/mol. The van der Waals surface area contributed by atoms with Gasteiger partial charge in [-0.3, -0.25) is 4.98 Å². The molecular formula is C16H13N3. The summed E-state index contributed by atoms with van der Waals surface area (Å²) >= 11 is 0. The molecule has 0 spiro atoms. The fourth-order valence-electron chi connectivity index (χ4n) is 1.90. The van der Waals surface area contributed by atoms with Gasteiger partial charge in [-0.1, -0.05) is 36.4 Å². The van der Waals surface area contributed by atoms with Crippen LogP contribution >= 0.6 is 0 Å². The highest BCUT2D eigenvalue weighted by Gasteiger charge is 2.03. The van der Waals surface area contributed by atoms with Gasteiger partial charge in [-0.05, 0) is 19.1 Å². The van der Waals surface area contributed by atoms with Gasteiger partial charge in [0, 0.05) is 29.2 Å². The predicted octanol–water partition coefficient (Wildman–Crippen LogP) is 3.51. The minimum absolute atomic E-state index is 0.733. The third kappa shape index (κ3) is 2.50. The van der Waals surface area contributed by atoms with Crippen molar-refractivity contribution in [1.29, 1.82) is 0 Å². The summed E-state index contributed by atoms with van der Waals surface area (Å²) in [5, 5.41) is 0. The Labute approximate surface area is 112 Å². The number of rotatable bonds is 2. The summed E-state index contributed by atoms with van der Waals surface area (Å²) in [6.07, 6.45) is 3.63. The molecule has 3 heteroatoms. The van der Waals surface area contributed by atoms with Crippen molar-refractivity contribution in [2.45, 2.75) is 6.92 Å². The van der Waals surface area contributed by atoms with E-state index in [0.717, 1.165) is 28.3 Å². The molecule has 0 aliphatic heterocycles. The number of hydrogen-bond donors (Lipinski definition) is 0. The van der Waals surface area contributed by atoms with Gasteiger partial charge < -0.3 is 0 Å². The third-order valence-corrected chi connectivity index (χ3v) is 2.87. The second kappa shape index (κ2) is 4.98. The maximum atomic E-state index is 4.47. The SMILES string of the molecule is Cc1cccc(-c2cnc(-c3ccccc3)nc2)n1. The summed E-state index contributed by atoms with van der Waals surface area (Å²) in [5.74, 6) is 0.733. The van der Waals surface area contributed by atoms with E-state index in [-0.39, 0.29) is 0 Å². The number of aromatic nitrogens is 3. The van der Waals surface area contributed by atoms with Gasteiger partial charge in [0.25, 0.3) is 0 Å². The molecule has 19 heavy (non-hydrogen) atoms. The Morgan fingerprint density at radius 2 is 1.47 bits per heavy atom. The van der Waals surface area contributed by atoms with E-state index in [9.17, 15) is 0 Å². The lowest BCUT2D eigenvalue weighted by Crippen LogP contribution is -1.91. The Morgan fingerprint density at radius 3 is 2.16 bits per heavy atom. The smallest absolute Gasteiger partial charge is 0.159 e. The van der Waals surface area contributed by atoms with E-state index in [0.29, 0.717) is 0 Å². The molecule has 0 N–H and O–H groups in total. The van der Waals surface area contributed by atoms with E-state index in [1.54, 1.807) is 0 Å². The highest BCUT2D eigenvalue weighted by molar-refractivity contribution is 5.60. The van der Waals surface area contributed by atoms with Crippen LogP contribution in [0.1, 0.15) is 5.69 Å². The number of benzene rings is 1. The molecule has 0 aliphatic carbocycles. The molecule has 0 amide bonds. The van der Waals surface area contributed by atoms with E-state index in [2.05, 4.69) is 15.0 Å². The topological polar surface area (TPSA) is 38.7 Å². The summed E-state index contributed by atoms with van der Waals surface area (Å²) in [7, 11) is 0. The molecule has 0 radical (unpaired) electrons. The zero-order chi connectivity index (χ0) is 13.1. The molecule has 2 heterocycles. The first-order valence-electron chi connectivity index (χ1n) is 6.14. The molecule has 0 aliphatic rings. The van der Waals surface area contributed by atoms with Gasteiger partial charge in [-0.15, -0.1) is 0 Å². The highest BCUT2D eigenvalue weighted by Crippen LogP contribution is 2.18. The summed E-state index contributed by atoms with van der Waals surface area (Å²) in [6.45, 7) is 1.97. The van der Waals surface area contributed by atoms with Crippen LogP contribution in [0, 0.1) is 6.92 Å². The van der Waals surface area contributed by atoms with Crippen molar-refractivity contribution in [2.24, 2.45) is 0 Å². The fourth-order valence-corrected chi connectivity index (χ4v) is 1.90.